The second kappa shape index (κ2) is 36.0. The van der Waals surface area contributed by atoms with Crippen molar-refractivity contribution < 1.29 is 56.9 Å². The van der Waals surface area contributed by atoms with Crippen LogP contribution in [0.15, 0.2) is 12.2 Å². The van der Waals surface area contributed by atoms with Crippen LogP contribution in [0.3, 0.4) is 0 Å². The normalized spacial score (nSPS) is 11.3. The quantitative estimate of drug-likeness (QED) is 0.0590. The third-order valence-corrected chi connectivity index (χ3v) is 5.30. The van der Waals surface area contributed by atoms with Gasteiger partial charge in [0.15, 0.2) is 0 Å². The van der Waals surface area contributed by atoms with Crippen molar-refractivity contribution in [3.8, 4) is 0 Å². The number of hydrogen-bond donors (Lipinski definition) is 0. The zero-order valence-corrected chi connectivity index (χ0v) is 26.3. The van der Waals surface area contributed by atoms with Gasteiger partial charge in [0.25, 0.3) is 0 Å². The fourth-order valence-corrected chi connectivity index (χ4v) is 3.03. The molecule has 0 bridgehead atoms. The molecule has 0 aliphatic heterocycles. The minimum atomic E-state index is -0.410. The van der Waals surface area contributed by atoms with Gasteiger partial charge in [0, 0.05) is 12.2 Å². The molecule has 12 nitrogen and oxygen atoms in total. The van der Waals surface area contributed by atoms with E-state index < -0.39 is 5.97 Å². The standard InChI is InChI=1S/C30H58O12/c1-4-5-6-7-8-32-9-10-33-11-12-34-13-14-35-15-16-36-17-18-37-19-20-38-21-22-39-23-24-40-25-26-41-27-28-42-30(31)29(2)3/h2,4-28H2,1,3H3. The Hall–Kier alpha value is -1.19. The molecule has 250 valence electrons. The molecule has 0 amide bonds. The molecule has 0 spiro atoms. The highest BCUT2D eigenvalue weighted by Crippen LogP contribution is 1.98. The molecular weight excluding hydrogens is 552 g/mol. The lowest BCUT2D eigenvalue weighted by molar-refractivity contribution is -0.140. The fraction of sp³-hybridized carbons (Fsp3) is 0.900. The molecule has 0 atom stereocenters. The van der Waals surface area contributed by atoms with Crippen molar-refractivity contribution in [1.82, 2.24) is 0 Å². The van der Waals surface area contributed by atoms with E-state index in [0.717, 1.165) is 13.0 Å². The monoisotopic (exact) mass is 610 g/mol. The second-order valence-electron chi connectivity index (χ2n) is 9.10. The summed E-state index contributed by atoms with van der Waals surface area (Å²) in [7, 11) is 0. The molecule has 0 saturated carbocycles. The van der Waals surface area contributed by atoms with Crippen molar-refractivity contribution in [2.45, 2.75) is 39.5 Å². The summed E-state index contributed by atoms with van der Waals surface area (Å²) in [6.45, 7) is 18.0. The number of rotatable bonds is 36. The van der Waals surface area contributed by atoms with Gasteiger partial charge in [-0.05, 0) is 13.3 Å². The van der Waals surface area contributed by atoms with Crippen LogP contribution in [0.4, 0.5) is 0 Å². The first-order valence-electron chi connectivity index (χ1n) is 15.3. The van der Waals surface area contributed by atoms with Crippen LogP contribution >= 0.6 is 0 Å². The minimum absolute atomic E-state index is 0.203. The van der Waals surface area contributed by atoms with E-state index in [-0.39, 0.29) is 6.61 Å². The molecule has 0 aliphatic carbocycles. The number of ether oxygens (including phenoxy) is 11. The van der Waals surface area contributed by atoms with Crippen LogP contribution < -0.4 is 0 Å². The van der Waals surface area contributed by atoms with E-state index in [1.807, 2.05) is 0 Å². The van der Waals surface area contributed by atoms with Crippen LogP contribution in [0.1, 0.15) is 39.5 Å². The van der Waals surface area contributed by atoms with Crippen LogP contribution in [-0.2, 0) is 56.9 Å². The van der Waals surface area contributed by atoms with Crippen LogP contribution in [0.25, 0.3) is 0 Å². The van der Waals surface area contributed by atoms with E-state index in [0.29, 0.717) is 131 Å². The third-order valence-electron chi connectivity index (χ3n) is 5.30. The fourth-order valence-electron chi connectivity index (χ4n) is 3.03. The Morgan fingerprint density at radius 1 is 0.405 bits per heavy atom. The number of carbonyl (C=O) groups excluding carboxylic acids is 1. The van der Waals surface area contributed by atoms with Gasteiger partial charge in [-0.3, -0.25) is 0 Å². The Kier molecular flexibility index (Phi) is 35.0. The summed E-state index contributed by atoms with van der Waals surface area (Å²) in [5, 5.41) is 0. The lowest BCUT2D eigenvalue weighted by Crippen LogP contribution is -2.15. The second-order valence-corrected chi connectivity index (χ2v) is 9.10. The molecule has 0 aromatic heterocycles. The Labute approximate surface area is 253 Å². The van der Waals surface area contributed by atoms with Gasteiger partial charge in [-0.2, -0.15) is 0 Å². The van der Waals surface area contributed by atoms with Crippen molar-refractivity contribution in [3.05, 3.63) is 12.2 Å². The Morgan fingerprint density at radius 2 is 0.667 bits per heavy atom. The van der Waals surface area contributed by atoms with E-state index in [1.54, 1.807) is 6.92 Å². The first-order chi connectivity index (χ1) is 20.7. The molecule has 0 heterocycles. The van der Waals surface area contributed by atoms with E-state index in [4.69, 9.17) is 52.1 Å². The van der Waals surface area contributed by atoms with Crippen molar-refractivity contribution in [2.24, 2.45) is 0 Å². The van der Waals surface area contributed by atoms with Gasteiger partial charge in [-0.15, -0.1) is 0 Å². The predicted molar refractivity (Wildman–Crippen MR) is 158 cm³/mol. The Morgan fingerprint density at radius 3 is 0.929 bits per heavy atom. The van der Waals surface area contributed by atoms with Gasteiger partial charge in [0.1, 0.15) is 6.61 Å². The van der Waals surface area contributed by atoms with Crippen LogP contribution in [0.5, 0.6) is 0 Å². The average Bonchev–Trinajstić information content (AvgIpc) is 2.99. The summed E-state index contributed by atoms with van der Waals surface area (Å²) in [5.74, 6) is -0.410. The van der Waals surface area contributed by atoms with E-state index >= 15 is 0 Å². The van der Waals surface area contributed by atoms with Crippen molar-refractivity contribution in [1.29, 1.82) is 0 Å². The summed E-state index contributed by atoms with van der Waals surface area (Å²) in [6, 6.07) is 0. The third kappa shape index (κ3) is 35.0. The number of carbonyl (C=O) groups is 1. The number of unbranched alkanes of at least 4 members (excludes halogenated alkanes) is 3. The average molecular weight is 611 g/mol. The molecule has 0 rings (SSSR count). The van der Waals surface area contributed by atoms with Crippen molar-refractivity contribution in [2.75, 3.05) is 139 Å². The van der Waals surface area contributed by atoms with E-state index in [1.165, 1.54) is 19.3 Å². The van der Waals surface area contributed by atoms with Gasteiger partial charge in [0.2, 0.25) is 0 Å². The molecule has 0 N–H and O–H groups in total. The highest BCUT2D eigenvalue weighted by molar-refractivity contribution is 5.86. The van der Waals surface area contributed by atoms with E-state index in [2.05, 4.69) is 13.5 Å². The topological polar surface area (TPSA) is 119 Å². The lowest BCUT2D eigenvalue weighted by atomic mass is 10.2. The summed E-state index contributed by atoms with van der Waals surface area (Å²) >= 11 is 0. The van der Waals surface area contributed by atoms with Gasteiger partial charge in [0.05, 0.1) is 126 Å². The first kappa shape index (κ1) is 40.8. The molecule has 0 aliphatic rings. The molecule has 0 aromatic carbocycles. The number of hydrogen-bond acceptors (Lipinski definition) is 12. The molecule has 0 unspecified atom stereocenters. The van der Waals surface area contributed by atoms with Gasteiger partial charge in [-0.25, -0.2) is 4.79 Å². The van der Waals surface area contributed by atoms with Crippen molar-refractivity contribution >= 4 is 5.97 Å². The Balaban J connectivity index is 3.06. The zero-order chi connectivity index (χ0) is 30.6. The summed E-state index contributed by atoms with van der Waals surface area (Å²) in [6.07, 6.45) is 4.89. The van der Waals surface area contributed by atoms with E-state index in [9.17, 15) is 4.79 Å². The molecule has 0 saturated heterocycles. The lowest BCUT2D eigenvalue weighted by Gasteiger charge is -2.09. The van der Waals surface area contributed by atoms with Crippen LogP contribution in [0.2, 0.25) is 0 Å². The zero-order valence-electron chi connectivity index (χ0n) is 26.3. The Bertz CT molecular complexity index is 564. The molecule has 0 aromatic rings. The maximum atomic E-state index is 11.2. The first-order valence-corrected chi connectivity index (χ1v) is 15.3. The van der Waals surface area contributed by atoms with Crippen LogP contribution in [-0.4, -0.2) is 145 Å². The molecule has 42 heavy (non-hydrogen) atoms. The maximum absolute atomic E-state index is 11.2. The molecular formula is C30H58O12. The molecule has 0 fully saturated rings. The van der Waals surface area contributed by atoms with Crippen molar-refractivity contribution in [3.63, 3.8) is 0 Å². The van der Waals surface area contributed by atoms with Gasteiger partial charge >= 0.3 is 5.97 Å². The van der Waals surface area contributed by atoms with Crippen LogP contribution in [0, 0.1) is 0 Å². The summed E-state index contributed by atoms with van der Waals surface area (Å²) < 4.78 is 59.4. The largest absolute Gasteiger partial charge is 0.460 e. The molecule has 0 radical (unpaired) electrons. The SMILES string of the molecule is C=C(C)C(=O)OCCOCCOCCOCCOCCOCCOCCOCCOCCOCCOCCCCCC. The maximum Gasteiger partial charge on any atom is 0.333 e. The highest BCUT2D eigenvalue weighted by Gasteiger charge is 2.02. The van der Waals surface area contributed by atoms with Gasteiger partial charge < -0.3 is 52.1 Å². The molecule has 12 heteroatoms. The van der Waals surface area contributed by atoms with Gasteiger partial charge in [-0.1, -0.05) is 32.8 Å². The summed E-state index contributed by atoms with van der Waals surface area (Å²) in [4.78, 5) is 11.2. The smallest absolute Gasteiger partial charge is 0.333 e. The summed E-state index contributed by atoms with van der Waals surface area (Å²) in [5.41, 5.74) is 0.372. The minimum Gasteiger partial charge on any atom is -0.460 e. The predicted octanol–water partition coefficient (Wildman–Crippen LogP) is 2.85. The number of esters is 1. The highest BCUT2D eigenvalue weighted by atomic mass is 16.6.